The fourth-order valence-electron chi connectivity index (χ4n) is 2.80. The minimum absolute atomic E-state index is 0.104. The summed E-state index contributed by atoms with van der Waals surface area (Å²) in [5, 5.41) is 8.71. The zero-order chi connectivity index (χ0) is 16.4. The van der Waals surface area contributed by atoms with E-state index < -0.39 is 11.6 Å². The smallest absolute Gasteiger partial charge is 0.303 e. The van der Waals surface area contributed by atoms with E-state index in [1.54, 1.807) is 25.2 Å². The summed E-state index contributed by atoms with van der Waals surface area (Å²) in [7, 11) is 0. The van der Waals surface area contributed by atoms with Crippen LogP contribution in [0.2, 0.25) is 0 Å². The van der Waals surface area contributed by atoms with Gasteiger partial charge in [0, 0.05) is 13.5 Å². The summed E-state index contributed by atoms with van der Waals surface area (Å²) in [4.78, 5) is 23.8. The minimum Gasteiger partial charge on any atom is -0.447 e. The molecule has 22 heavy (non-hydrogen) atoms. The van der Waals surface area contributed by atoms with E-state index in [9.17, 15) is 9.59 Å². The minimum atomic E-state index is -1.10. The Morgan fingerprint density at radius 2 is 1.73 bits per heavy atom. The zero-order valence-corrected chi connectivity index (χ0v) is 13.8. The predicted octanol–water partition coefficient (Wildman–Crippen LogP) is 3.49. The van der Waals surface area contributed by atoms with Crippen molar-refractivity contribution in [3.8, 4) is 0 Å². The topological polar surface area (TPSA) is 63.6 Å². The molecule has 0 aromatic rings. The van der Waals surface area contributed by atoms with Gasteiger partial charge in [0.15, 0.2) is 5.60 Å². The number of hydrogen-bond acceptors (Lipinski definition) is 4. The second-order valence-electron chi connectivity index (χ2n) is 5.97. The van der Waals surface area contributed by atoms with Gasteiger partial charge in [-0.15, -0.1) is 0 Å². The van der Waals surface area contributed by atoms with Crippen LogP contribution in [-0.4, -0.2) is 29.1 Å². The molecule has 0 amide bonds. The van der Waals surface area contributed by atoms with Gasteiger partial charge in [0.25, 0.3) is 0 Å². The molecule has 0 heterocycles. The van der Waals surface area contributed by atoms with Gasteiger partial charge in [0.1, 0.15) is 0 Å². The SMILES string of the molecule is CC(=O)OC1(CCCCCCCCCO)C=CC=C(C)C1=O. The number of aliphatic hydroxyl groups excluding tert-OH is 1. The Hall–Kier alpha value is -1.42. The number of ketones is 1. The van der Waals surface area contributed by atoms with Crippen molar-refractivity contribution < 1.29 is 19.4 Å². The van der Waals surface area contributed by atoms with Gasteiger partial charge in [0.05, 0.1) is 0 Å². The fourth-order valence-corrected chi connectivity index (χ4v) is 2.80. The lowest BCUT2D eigenvalue weighted by Crippen LogP contribution is -2.42. The average Bonchev–Trinajstić information content (AvgIpc) is 2.47. The van der Waals surface area contributed by atoms with Crippen molar-refractivity contribution in [3.05, 3.63) is 23.8 Å². The van der Waals surface area contributed by atoms with Crippen molar-refractivity contribution >= 4 is 11.8 Å². The highest BCUT2D eigenvalue weighted by Gasteiger charge is 2.40. The Morgan fingerprint density at radius 1 is 1.14 bits per heavy atom. The number of hydrogen-bond donors (Lipinski definition) is 1. The molecule has 0 fully saturated rings. The van der Waals surface area contributed by atoms with E-state index in [2.05, 4.69) is 0 Å². The summed E-state index contributed by atoms with van der Waals surface area (Å²) in [6.45, 7) is 3.37. The van der Waals surface area contributed by atoms with E-state index in [0.29, 0.717) is 12.0 Å². The lowest BCUT2D eigenvalue weighted by Gasteiger charge is -2.30. The number of esters is 1. The molecule has 0 aromatic carbocycles. The van der Waals surface area contributed by atoms with E-state index in [0.717, 1.165) is 44.9 Å². The highest BCUT2D eigenvalue weighted by Crippen LogP contribution is 2.29. The first kappa shape index (κ1) is 18.6. The van der Waals surface area contributed by atoms with Crippen LogP contribution in [0.4, 0.5) is 0 Å². The third-order valence-electron chi connectivity index (χ3n) is 3.99. The van der Waals surface area contributed by atoms with E-state index in [-0.39, 0.29) is 12.4 Å². The average molecular weight is 308 g/mol. The van der Waals surface area contributed by atoms with Gasteiger partial charge in [-0.3, -0.25) is 9.59 Å². The molecule has 1 atom stereocenters. The molecular weight excluding hydrogens is 280 g/mol. The van der Waals surface area contributed by atoms with Crippen molar-refractivity contribution in [3.63, 3.8) is 0 Å². The Kier molecular flexibility index (Phi) is 8.10. The highest BCUT2D eigenvalue weighted by molar-refractivity contribution is 6.05. The molecule has 0 aliphatic heterocycles. The summed E-state index contributed by atoms with van der Waals surface area (Å²) >= 11 is 0. The maximum Gasteiger partial charge on any atom is 0.303 e. The number of ether oxygens (including phenoxy) is 1. The van der Waals surface area contributed by atoms with Crippen LogP contribution in [0.3, 0.4) is 0 Å². The number of carbonyl (C=O) groups excluding carboxylic acids is 2. The zero-order valence-electron chi connectivity index (χ0n) is 13.8. The molecule has 0 aromatic heterocycles. The third kappa shape index (κ3) is 5.76. The molecule has 0 saturated heterocycles. The lowest BCUT2D eigenvalue weighted by molar-refractivity contribution is -0.159. The van der Waals surface area contributed by atoms with Crippen molar-refractivity contribution in [1.29, 1.82) is 0 Å². The van der Waals surface area contributed by atoms with E-state index in [4.69, 9.17) is 9.84 Å². The number of unbranched alkanes of at least 4 members (excludes halogenated alkanes) is 6. The van der Waals surface area contributed by atoms with Gasteiger partial charge in [-0.05, 0) is 37.8 Å². The number of allylic oxidation sites excluding steroid dienone is 2. The van der Waals surface area contributed by atoms with Crippen LogP contribution in [0.15, 0.2) is 23.8 Å². The molecule has 124 valence electrons. The molecule has 0 bridgehead atoms. The molecule has 1 aliphatic carbocycles. The van der Waals surface area contributed by atoms with Gasteiger partial charge in [0.2, 0.25) is 5.78 Å². The van der Waals surface area contributed by atoms with Crippen molar-refractivity contribution in [2.45, 2.75) is 70.8 Å². The van der Waals surface area contributed by atoms with Gasteiger partial charge in [-0.1, -0.05) is 44.3 Å². The number of Topliss-reactive ketones (excluding diaryl/α,β-unsaturated/α-hetero) is 1. The highest BCUT2D eigenvalue weighted by atomic mass is 16.6. The Bertz CT molecular complexity index is 436. The Morgan fingerprint density at radius 3 is 2.32 bits per heavy atom. The molecule has 0 radical (unpaired) electrons. The summed E-state index contributed by atoms with van der Waals surface area (Å²) in [6.07, 6.45) is 13.0. The van der Waals surface area contributed by atoms with E-state index >= 15 is 0 Å². The Labute approximate surface area is 133 Å². The summed E-state index contributed by atoms with van der Waals surface area (Å²) in [5.41, 5.74) is -0.464. The number of carbonyl (C=O) groups is 2. The normalized spacial score (nSPS) is 20.9. The maximum absolute atomic E-state index is 12.4. The van der Waals surface area contributed by atoms with E-state index in [1.807, 2.05) is 0 Å². The molecule has 1 aliphatic rings. The van der Waals surface area contributed by atoms with Crippen LogP contribution < -0.4 is 0 Å². The predicted molar refractivity (Wildman–Crippen MR) is 86.4 cm³/mol. The van der Waals surface area contributed by atoms with Crippen LogP contribution in [0.25, 0.3) is 0 Å². The lowest BCUT2D eigenvalue weighted by atomic mass is 9.84. The Balaban J connectivity index is 2.41. The molecule has 1 N–H and O–H groups in total. The third-order valence-corrected chi connectivity index (χ3v) is 3.99. The monoisotopic (exact) mass is 308 g/mol. The second-order valence-corrected chi connectivity index (χ2v) is 5.97. The van der Waals surface area contributed by atoms with E-state index in [1.165, 1.54) is 6.92 Å². The molecular formula is C18H28O4. The summed E-state index contributed by atoms with van der Waals surface area (Å²) < 4.78 is 5.38. The number of aliphatic hydroxyl groups is 1. The molecule has 4 heteroatoms. The molecule has 4 nitrogen and oxygen atoms in total. The molecule has 1 rings (SSSR count). The summed E-state index contributed by atoms with van der Waals surface area (Å²) in [5.74, 6) is -0.523. The molecule has 1 unspecified atom stereocenters. The fraction of sp³-hybridized carbons (Fsp3) is 0.667. The van der Waals surface area contributed by atoms with Gasteiger partial charge in [-0.25, -0.2) is 0 Å². The molecule has 0 saturated carbocycles. The first-order valence-electron chi connectivity index (χ1n) is 8.23. The summed E-state index contributed by atoms with van der Waals surface area (Å²) in [6, 6.07) is 0. The van der Waals surface area contributed by atoms with Gasteiger partial charge in [-0.2, -0.15) is 0 Å². The van der Waals surface area contributed by atoms with Crippen molar-refractivity contribution in [2.75, 3.05) is 6.61 Å². The second kappa shape index (κ2) is 9.57. The van der Waals surface area contributed by atoms with Gasteiger partial charge >= 0.3 is 5.97 Å². The van der Waals surface area contributed by atoms with Crippen molar-refractivity contribution in [1.82, 2.24) is 0 Å². The van der Waals surface area contributed by atoms with Crippen LogP contribution in [0, 0.1) is 0 Å². The van der Waals surface area contributed by atoms with Crippen LogP contribution in [-0.2, 0) is 14.3 Å². The van der Waals surface area contributed by atoms with Crippen molar-refractivity contribution in [2.24, 2.45) is 0 Å². The first-order chi connectivity index (χ1) is 10.5. The van der Waals surface area contributed by atoms with Gasteiger partial charge < -0.3 is 9.84 Å². The van der Waals surface area contributed by atoms with Crippen LogP contribution >= 0.6 is 0 Å². The number of rotatable bonds is 10. The molecule has 0 spiro atoms. The quantitative estimate of drug-likeness (QED) is 0.495. The first-order valence-corrected chi connectivity index (χ1v) is 8.23. The maximum atomic E-state index is 12.4. The standard InChI is InChI=1S/C18H28O4/c1-15-11-10-13-18(17(15)21,22-16(2)20)12-8-6-4-3-5-7-9-14-19/h10-11,13,19H,3-9,12,14H2,1-2H3. The van der Waals surface area contributed by atoms with Crippen LogP contribution in [0.5, 0.6) is 0 Å². The van der Waals surface area contributed by atoms with Crippen LogP contribution in [0.1, 0.15) is 65.2 Å². The largest absolute Gasteiger partial charge is 0.447 e.